The van der Waals surface area contributed by atoms with Gasteiger partial charge in [-0.05, 0) is 57.0 Å². The largest absolute Gasteiger partial charge is 0.381 e. The monoisotopic (exact) mass is 310 g/mol. The fraction of sp³-hybridized carbons (Fsp3) is 0.944. The second kappa shape index (κ2) is 7.78. The van der Waals surface area contributed by atoms with Crippen molar-refractivity contribution < 1.29 is 9.53 Å². The molecule has 1 aliphatic heterocycles. The minimum absolute atomic E-state index is 0.139. The fourth-order valence-corrected chi connectivity index (χ4v) is 4.56. The molecule has 1 amide bonds. The van der Waals surface area contributed by atoms with Crippen molar-refractivity contribution in [2.45, 2.75) is 71.4 Å². The van der Waals surface area contributed by atoms with Crippen LogP contribution >= 0.6 is 0 Å². The maximum absolute atomic E-state index is 12.4. The molecule has 2 rings (SSSR count). The van der Waals surface area contributed by atoms with Crippen LogP contribution in [0.25, 0.3) is 0 Å². The summed E-state index contributed by atoms with van der Waals surface area (Å²) in [5, 5.41) is 6.75. The zero-order chi connectivity index (χ0) is 16.2. The first kappa shape index (κ1) is 17.7. The molecule has 1 saturated carbocycles. The van der Waals surface area contributed by atoms with Gasteiger partial charge in [-0.3, -0.25) is 4.79 Å². The van der Waals surface area contributed by atoms with Crippen LogP contribution in [0.2, 0.25) is 0 Å². The Bertz CT molecular complexity index is 362. The predicted octanol–water partition coefficient (Wildman–Crippen LogP) is 2.72. The maximum atomic E-state index is 12.4. The average molecular weight is 310 g/mol. The Labute approximate surface area is 135 Å². The molecule has 22 heavy (non-hydrogen) atoms. The number of nitrogens with one attached hydrogen (secondary N) is 2. The topological polar surface area (TPSA) is 50.4 Å². The van der Waals surface area contributed by atoms with Crippen LogP contribution < -0.4 is 10.6 Å². The zero-order valence-electron chi connectivity index (χ0n) is 14.8. The summed E-state index contributed by atoms with van der Waals surface area (Å²) in [4.78, 5) is 12.4. The lowest BCUT2D eigenvalue weighted by Gasteiger charge is -2.55. The van der Waals surface area contributed by atoms with Crippen molar-refractivity contribution in [3.8, 4) is 0 Å². The van der Waals surface area contributed by atoms with Crippen molar-refractivity contribution in [2.75, 3.05) is 20.2 Å². The van der Waals surface area contributed by atoms with Crippen molar-refractivity contribution >= 4 is 5.91 Å². The number of ether oxygens (including phenoxy) is 1. The van der Waals surface area contributed by atoms with Gasteiger partial charge in [-0.25, -0.2) is 0 Å². The normalized spacial score (nSPS) is 32.1. The summed E-state index contributed by atoms with van der Waals surface area (Å²) in [6.07, 6.45) is 6.54. The molecule has 0 aromatic rings. The average Bonchev–Trinajstić information content (AvgIpc) is 2.53. The first-order chi connectivity index (χ1) is 10.6. The van der Waals surface area contributed by atoms with E-state index in [2.05, 4.69) is 31.4 Å². The second-order valence-corrected chi connectivity index (χ2v) is 7.31. The zero-order valence-corrected chi connectivity index (χ0v) is 14.8. The lowest BCUT2D eigenvalue weighted by atomic mass is 9.58. The number of carbonyl (C=O) groups is 1. The van der Waals surface area contributed by atoms with E-state index in [-0.39, 0.29) is 17.4 Å². The molecule has 2 fully saturated rings. The Morgan fingerprint density at radius 2 is 2.14 bits per heavy atom. The number of piperidine rings is 1. The van der Waals surface area contributed by atoms with Gasteiger partial charge in [-0.2, -0.15) is 0 Å². The van der Waals surface area contributed by atoms with E-state index >= 15 is 0 Å². The van der Waals surface area contributed by atoms with Gasteiger partial charge in [0, 0.05) is 25.0 Å². The molecular formula is C18H34N2O2. The predicted molar refractivity (Wildman–Crippen MR) is 89.7 cm³/mol. The SMILES string of the molecule is CCC1(CC)C(NC(=O)CC(C)C2CCCNC2)CC1OC. The summed E-state index contributed by atoms with van der Waals surface area (Å²) in [7, 11) is 1.79. The molecule has 4 nitrogen and oxygen atoms in total. The quantitative estimate of drug-likeness (QED) is 0.760. The van der Waals surface area contributed by atoms with Gasteiger partial charge in [0.2, 0.25) is 5.91 Å². The smallest absolute Gasteiger partial charge is 0.220 e. The van der Waals surface area contributed by atoms with Crippen LogP contribution in [0.3, 0.4) is 0 Å². The minimum atomic E-state index is 0.139. The van der Waals surface area contributed by atoms with Gasteiger partial charge in [0.25, 0.3) is 0 Å². The molecule has 1 aliphatic carbocycles. The van der Waals surface area contributed by atoms with E-state index < -0.39 is 0 Å². The van der Waals surface area contributed by atoms with E-state index in [1.54, 1.807) is 7.11 Å². The highest BCUT2D eigenvalue weighted by atomic mass is 16.5. The van der Waals surface area contributed by atoms with Crippen LogP contribution in [0.1, 0.15) is 59.3 Å². The molecule has 0 radical (unpaired) electrons. The Balaban J connectivity index is 1.84. The molecule has 0 bridgehead atoms. The van der Waals surface area contributed by atoms with Crippen molar-refractivity contribution in [1.29, 1.82) is 0 Å². The minimum Gasteiger partial charge on any atom is -0.381 e. The van der Waals surface area contributed by atoms with E-state index in [4.69, 9.17) is 4.74 Å². The van der Waals surface area contributed by atoms with Crippen molar-refractivity contribution in [3.63, 3.8) is 0 Å². The molecule has 128 valence electrons. The molecule has 2 N–H and O–H groups in total. The summed E-state index contributed by atoms with van der Waals surface area (Å²) in [5.41, 5.74) is 0.139. The molecule has 2 aliphatic rings. The second-order valence-electron chi connectivity index (χ2n) is 7.31. The third-order valence-electron chi connectivity index (χ3n) is 6.37. The van der Waals surface area contributed by atoms with Gasteiger partial charge in [0.05, 0.1) is 6.10 Å². The van der Waals surface area contributed by atoms with Gasteiger partial charge >= 0.3 is 0 Å². The molecule has 1 heterocycles. The molecule has 4 heteroatoms. The summed E-state index contributed by atoms with van der Waals surface area (Å²) in [6, 6.07) is 0.289. The number of rotatable bonds is 7. The van der Waals surface area contributed by atoms with Crippen molar-refractivity contribution in [1.82, 2.24) is 10.6 Å². The van der Waals surface area contributed by atoms with Crippen molar-refractivity contribution in [3.05, 3.63) is 0 Å². The van der Waals surface area contributed by atoms with Gasteiger partial charge in [-0.15, -0.1) is 0 Å². The Kier molecular flexibility index (Phi) is 6.27. The van der Waals surface area contributed by atoms with E-state index in [9.17, 15) is 4.79 Å². The highest BCUT2D eigenvalue weighted by molar-refractivity contribution is 5.76. The van der Waals surface area contributed by atoms with Crippen LogP contribution in [0.5, 0.6) is 0 Å². The molecular weight excluding hydrogens is 276 g/mol. The summed E-state index contributed by atoms with van der Waals surface area (Å²) >= 11 is 0. The van der Waals surface area contributed by atoms with Crippen molar-refractivity contribution in [2.24, 2.45) is 17.3 Å². The van der Waals surface area contributed by atoms with Gasteiger partial charge < -0.3 is 15.4 Å². The Hall–Kier alpha value is -0.610. The van der Waals surface area contributed by atoms with Gasteiger partial charge in [0.1, 0.15) is 0 Å². The molecule has 4 atom stereocenters. The number of hydrogen-bond donors (Lipinski definition) is 2. The van der Waals surface area contributed by atoms with Crippen LogP contribution in [0.15, 0.2) is 0 Å². The molecule has 0 spiro atoms. The molecule has 4 unspecified atom stereocenters. The summed E-state index contributed by atoms with van der Waals surface area (Å²) in [6.45, 7) is 8.85. The first-order valence-corrected chi connectivity index (χ1v) is 9.10. The lowest BCUT2D eigenvalue weighted by molar-refractivity contribution is -0.142. The summed E-state index contributed by atoms with van der Waals surface area (Å²) in [5.74, 6) is 1.34. The van der Waals surface area contributed by atoms with Crippen LogP contribution in [-0.4, -0.2) is 38.3 Å². The van der Waals surface area contributed by atoms with E-state index in [0.717, 1.165) is 32.4 Å². The van der Waals surface area contributed by atoms with E-state index in [1.165, 1.54) is 12.8 Å². The van der Waals surface area contributed by atoms with Crippen LogP contribution in [-0.2, 0) is 9.53 Å². The lowest BCUT2D eigenvalue weighted by Crippen LogP contribution is -2.64. The Morgan fingerprint density at radius 3 is 2.68 bits per heavy atom. The van der Waals surface area contributed by atoms with E-state index in [1.807, 2.05) is 0 Å². The third-order valence-corrected chi connectivity index (χ3v) is 6.37. The first-order valence-electron chi connectivity index (χ1n) is 9.10. The third kappa shape index (κ3) is 3.48. The van der Waals surface area contributed by atoms with E-state index in [0.29, 0.717) is 24.4 Å². The number of hydrogen-bond acceptors (Lipinski definition) is 3. The maximum Gasteiger partial charge on any atom is 0.220 e. The molecule has 0 aromatic heterocycles. The highest BCUT2D eigenvalue weighted by Gasteiger charge is 2.53. The number of carbonyl (C=O) groups excluding carboxylic acids is 1. The molecule has 1 saturated heterocycles. The Morgan fingerprint density at radius 1 is 1.41 bits per heavy atom. The standard InChI is InChI=1S/C18H34N2O2/c1-5-18(6-2)15(11-16(18)22-4)20-17(21)10-13(3)14-8-7-9-19-12-14/h13-16,19H,5-12H2,1-4H3,(H,20,21). The molecule has 0 aromatic carbocycles. The number of methoxy groups -OCH3 is 1. The highest BCUT2D eigenvalue weighted by Crippen LogP contribution is 2.48. The van der Waals surface area contributed by atoms with Crippen LogP contribution in [0, 0.1) is 17.3 Å². The summed E-state index contributed by atoms with van der Waals surface area (Å²) < 4.78 is 5.61. The number of amides is 1. The van der Waals surface area contributed by atoms with Crippen LogP contribution in [0.4, 0.5) is 0 Å². The van der Waals surface area contributed by atoms with Gasteiger partial charge in [0.15, 0.2) is 0 Å². The fourth-order valence-electron chi connectivity index (χ4n) is 4.56. The van der Waals surface area contributed by atoms with Gasteiger partial charge in [-0.1, -0.05) is 20.8 Å².